The van der Waals surface area contributed by atoms with Gasteiger partial charge >= 0.3 is 0 Å². The van der Waals surface area contributed by atoms with Crippen molar-refractivity contribution < 1.29 is 19.2 Å². The smallest absolute Gasteiger partial charge is 0.273 e. The van der Waals surface area contributed by atoms with Crippen molar-refractivity contribution in [1.29, 1.82) is 0 Å². The molecule has 0 bridgehead atoms. The van der Waals surface area contributed by atoms with E-state index in [0.717, 1.165) is 0 Å². The maximum absolute atomic E-state index is 11.6. The zero-order valence-corrected chi connectivity index (χ0v) is 11.1. The number of carbonyl (C=O) groups is 1. The summed E-state index contributed by atoms with van der Waals surface area (Å²) in [6.45, 7) is 3.67. The zero-order valence-electron chi connectivity index (χ0n) is 11.1. The van der Waals surface area contributed by atoms with Gasteiger partial charge in [-0.15, -0.1) is 0 Å². The lowest BCUT2D eigenvalue weighted by molar-refractivity contribution is -0.384. The fraction of sp³-hybridized carbons (Fsp3) is 0.462. The van der Waals surface area contributed by atoms with Crippen LogP contribution in [0.2, 0.25) is 0 Å². The molecular weight excluding hydrogens is 264 g/mol. The number of nitro benzene ring substituents is 1. The van der Waals surface area contributed by atoms with Crippen molar-refractivity contribution in [3.63, 3.8) is 0 Å². The van der Waals surface area contributed by atoms with Gasteiger partial charge in [0.25, 0.3) is 11.6 Å². The van der Waals surface area contributed by atoms with Crippen LogP contribution in [0.15, 0.2) is 24.3 Å². The van der Waals surface area contributed by atoms with Crippen molar-refractivity contribution in [2.75, 3.05) is 26.4 Å². The lowest BCUT2D eigenvalue weighted by atomic mass is 9.89. The number of benzene rings is 1. The Morgan fingerprint density at radius 1 is 1.55 bits per heavy atom. The number of rotatable bonds is 6. The van der Waals surface area contributed by atoms with Gasteiger partial charge in [0.15, 0.2) is 6.61 Å². The van der Waals surface area contributed by atoms with Crippen LogP contribution in [-0.2, 0) is 9.53 Å². The van der Waals surface area contributed by atoms with Gasteiger partial charge in [0.05, 0.1) is 24.2 Å². The van der Waals surface area contributed by atoms with Gasteiger partial charge in [-0.05, 0) is 6.07 Å². The first-order chi connectivity index (χ1) is 9.48. The summed E-state index contributed by atoms with van der Waals surface area (Å²) >= 11 is 0. The van der Waals surface area contributed by atoms with E-state index in [1.807, 2.05) is 6.92 Å². The van der Waals surface area contributed by atoms with Crippen molar-refractivity contribution in [2.45, 2.75) is 6.92 Å². The Balaban J connectivity index is 1.78. The summed E-state index contributed by atoms with van der Waals surface area (Å²) in [6, 6.07) is 5.73. The third-order valence-electron chi connectivity index (χ3n) is 3.01. The summed E-state index contributed by atoms with van der Waals surface area (Å²) in [5.41, 5.74) is -0.0664. The molecule has 0 spiro atoms. The molecule has 1 N–H and O–H groups in total. The summed E-state index contributed by atoms with van der Waals surface area (Å²) in [5.74, 6) is 0.0390. The van der Waals surface area contributed by atoms with E-state index < -0.39 is 4.92 Å². The predicted octanol–water partition coefficient (Wildman–Crippen LogP) is 1.13. The molecule has 1 saturated heterocycles. The van der Waals surface area contributed by atoms with Gasteiger partial charge in [0.2, 0.25) is 0 Å². The molecule has 7 heteroatoms. The number of nitro groups is 1. The molecule has 1 aliphatic rings. The van der Waals surface area contributed by atoms with E-state index in [4.69, 9.17) is 9.47 Å². The van der Waals surface area contributed by atoms with Crippen molar-refractivity contribution >= 4 is 11.6 Å². The number of non-ortho nitro benzene ring substituents is 1. The highest BCUT2D eigenvalue weighted by Crippen LogP contribution is 2.25. The molecule has 1 aliphatic heterocycles. The van der Waals surface area contributed by atoms with Crippen molar-refractivity contribution in [2.24, 2.45) is 5.41 Å². The van der Waals surface area contributed by atoms with Crippen LogP contribution < -0.4 is 10.1 Å². The Bertz CT molecular complexity index is 513. The minimum absolute atomic E-state index is 0.00118. The molecule has 0 aliphatic carbocycles. The molecule has 0 unspecified atom stereocenters. The topological polar surface area (TPSA) is 90.7 Å². The molecule has 108 valence electrons. The summed E-state index contributed by atoms with van der Waals surface area (Å²) in [5, 5.41) is 13.4. The second kappa shape index (κ2) is 5.87. The molecule has 0 radical (unpaired) electrons. The van der Waals surface area contributed by atoms with Crippen LogP contribution in [-0.4, -0.2) is 37.2 Å². The fourth-order valence-electron chi connectivity index (χ4n) is 1.75. The second-order valence-electron chi connectivity index (χ2n) is 5.12. The van der Waals surface area contributed by atoms with Crippen LogP contribution in [0.1, 0.15) is 6.92 Å². The molecule has 0 aromatic heterocycles. The summed E-state index contributed by atoms with van der Waals surface area (Å²) < 4.78 is 10.3. The van der Waals surface area contributed by atoms with Crippen LogP contribution in [0.25, 0.3) is 0 Å². The zero-order chi connectivity index (χ0) is 14.6. The molecular formula is C13H16N2O5. The summed E-state index contributed by atoms with van der Waals surface area (Å²) in [6.07, 6.45) is 0. The van der Waals surface area contributed by atoms with Crippen LogP contribution in [0.5, 0.6) is 5.75 Å². The quantitative estimate of drug-likeness (QED) is 0.623. The SMILES string of the molecule is CC1(CNC(=O)COc2cccc([N+](=O)[O-])c2)COC1. The molecule has 1 heterocycles. The van der Waals surface area contributed by atoms with Gasteiger partial charge in [-0.1, -0.05) is 13.0 Å². The molecule has 1 aromatic carbocycles. The Hall–Kier alpha value is -2.15. The standard InChI is InChI=1S/C13H16N2O5/c1-13(8-19-9-13)7-14-12(16)6-20-11-4-2-3-10(5-11)15(17)18/h2-5H,6-9H2,1H3,(H,14,16). The van der Waals surface area contributed by atoms with E-state index in [1.165, 1.54) is 18.2 Å². The van der Waals surface area contributed by atoms with Gasteiger partial charge < -0.3 is 14.8 Å². The number of hydrogen-bond donors (Lipinski definition) is 1. The largest absolute Gasteiger partial charge is 0.484 e. The number of carbonyl (C=O) groups excluding carboxylic acids is 1. The van der Waals surface area contributed by atoms with Gasteiger partial charge in [-0.2, -0.15) is 0 Å². The Morgan fingerprint density at radius 2 is 2.30 bits per heavy atom. The lowest BCUT2D eigenvalue weighted by Crippen LogP contribution is -2.49. The molecule has 0 atom stereocenters. The summed E-state index contributed by atoms with van der Waals surface area (Å²) in [4.78, 5) is 21.7. The molecule has 7 nitrogen and oxygen atoms in total. The molecule has 1 fully saturated rings. The minimum Gasteiger partial charge on any atom is -0.484 e. The van der Waals surface area contributed by atoms with Crippen LogP contribution in [0, 0.1) is 15.5 Å². The number of nitrogens with one attached hydrogen (secondary N) is 1. The first kappa shape index (κ1) is 14.3. The third-order valence-corrected chi connectivity index (χ3v) is 3.01. The van der Waals surface area contributed by atoms with E-state index in [1.54, 1.807) is 6.07 Å². The number of nitrogens with zero attached hydrogens (tertiary/aromatic N) is 1. The van der Waals surface area contributed by atoms with E-state index in [9.17, 15) is 14.9 Å². The Morgan fingerprint density at radius 3 is 2.90 bits per heavy atom. The second-order valence-corrected chi connectivity index (χ2v) is 5.12. The maximum atomic E-state index is 11.6. The lowest BCUT2D eigenvalue weighted by Gasteiger charge is -2.37. The van der Waals surface area contributed by atoms with E-state index in [2.05, 4.69) is 5.32 Å². The first-order valence-electron chi connectivity index (χ1n) is 6.20. The Kier molecular flexibility index (Phi) is 4.19. The molecule has 2 rings (SSSR count). The highest BCUT2D eigenvalue weighted by atomic mass is 16.6. The van der Waals surface area contributed by atoms with Crippen molar-refractivity contribution in [1.82, 2.24) is 5.32 Å². The molecule has 20 heavy (non-hydrogen) atoms. The van der Waals surface area contributed by atoms with E-state index >= 15 is 0 Å². The summed E-state index contributed by atoms with van der Waals surface area (Å²) in [7, 11) is 0. The number of hydrogen-bond acceptors (Lipinski definition) is 5. The molecule has 1 aromatic rings. The molecule has 1 amide bonds. The monoisotopic (exact) mass is 280 g/mol. The third kappa shape index (κ3) is 3.67. The van der Waals surface area contributed by atoms with Gasteiger partial charge in [-0.25, -0.2) is 0 Å². The van der Waals surface area contributed by atoms with Crippen LogP contribution >= 0.6 is 0 Å². The maximum Gasteiger partial charge on any atom is 0.273 e. The average Bonchev–Trinajstić information content (AvgIpc) is 2.41. The van der Waals surface area contributed by atoms with E-state index in [0.29, 0.717) is 25.5 Å². The highest BCUT2D eigenvalue weighted by Gasteiger charge is 2.33. The molecule has 0 saturated carbocycles. The van der Waals surface area contributed by atoms with Crippen molar-refractivity contribution in [3.8, 4) is 5.75 Å². The predicted molar refractivity (Wildman–Crippen MR) is 70.5 cm³/mol. The van der Waals surface area contributed by atoms with Crippen molar-refractivity contribution in [3.05, 3.63) is 34.4 Å². The van der Waals surface area contributed by atoms with Gasteiger partial charge in [0, 0.05) is 18.0 Å². The van der Waals surface area contributed by atoms with Crippen LogP contribution in [0.3, 0.4) is 0 Å². The fourth-order valence-corrected chi connectivity index (χ4v) is 1.75. The number of amides is 1. The Labute approximate surface area is 116 Å². The van der Waals surface area contributed by atoms with Gasteiger partial charge in [-0.3, -0.25) is 14.9 Å². The van der Waals surface area contributed by atoms with Gasteiger partial charge in [0.1, 0.15) is 5.75 Å². The highest BCUT2D eigenvalue weighted by molar-refractivity contribution is 5.77. The minimum atomic E-state index is -0.510. The normalized spacial score (nSPS) is 16.1. The van der Waals surface area contributed by atoms with E-state index in [-0.39, 0.29) is 23.6 Å². The number of ether oxygens (including phenoxy) is 2. The van der Waals surface area contributed by atoms with Crippen LogP contribution in [0.4, 0.5) is 5.69 Å². The average molecular weight is 280 g/mol. The first-order valence-corrected chi connectivity index (χ1v) is 6.20.